The highest BCUT2D eigenvalue weighted by atomic mass is 35.5. The van der Waals surface area contributed by atoms with Gasteiger partial charge in [-0.1, -0.05) is 35.9 Å². The molecule has 0 aliphatic carbocycles. The Bertz CT molecular complexity index is 552. The molecule has 0 aliphatic rings. The first kappa shape index (κ1) is 14.9. The molecule has 0 fully saturated rings. The van der Waals surface area contributed by atoms with Crippen LogP contribution in [0.4, 0.5) is 11.4 Å². The Kier molecular flexibility index (Phi) is 5.05. The van der Waals surface area contributed by atoms with Crippen LogP contribution >= 0.6 is 11.6 Å². The lowest BCUT2D eigenvalue weighted by Crippen LogP contribution is -2.22. The van der Waals surface area contributed by atoms with E-state index in [1.807, 2.05) is 37.3 Å². The van der Waals surface area contributed by atoms with Crippen LogP contribution in [0.5, 0.6) is 0 Å². The molecule has 0 radical (unpaired) electrons. The van der Waals surface area contributed by atoms with E-state index in [9.17, 15) is 0 Å². The van der Waals surface area contributed by atoms with Crippen LogP contribution in [-0.2, 0) is 6.42 Å². The molecule has 0 amide bonds. The molecule has 0 saturated carbocycles. The van der Waals surface area contributed by atoms with E-state index in [0.29, 0.717) is 0 Å². The van der Waals surface area contributed by atoms with Gasteiger partial charge in [-0.2, -0.15) is 0 Å². The van der Waals surface area contributed by atoms with Gasteiger partial charge in [-0.3, -0.25) is 0 Å². The average molecular weight is 289 g/mol. The average Bonchev–Trinajstić information content (AvgIpc) is 2.44. The van der Waals surface area contributed by atoms with Crippen molar-refractivity contribution < 1.29 is 0 Å². The molecule has 0 heterocycles. The summed E-state index contributed by atoms with van der Waals surface area (Å²) in [6, 6.07) is 16.5. The number of hydrogen-bond donors (Lipinski definition) is 1. The third kappa shape index (κ3) is 3.33. The second kappa shape index (κ2) is 6.78. The first-order valence-electron chi connectivity index (χ1n) is 6.99. The lowest BCUT2D eigenvalue weighted by molar-refractivity contribution is 0.736. The minimum Gasteiger partial charge on any atom is -0.342 e. The van der Waals surface area contributed by atoms with Crippen LogP contribution in [0.3, 0.4) is 0 Å². The van der Waals surface area contributed by atoms with Crippen LogP contribution in [0.15, 0.2) is 48.5 Å². The second-order valence-electron chi connectivity index (χ2n) is 5.00. The molecule has 1 unspecified atom stereocenters. The van der Waals surface area contributed by atoms with Gasteiger partial charge in [0, 0.05) is 29.0 Å². The highest BCUT2D eigenvalue weighted by Crippen LogP contribution is 2.33. The van der Waals surface area contributed by atoms with Gasteiger partial charge in [0.1, 0.15) is 0 Å². The summed E-state index contributed by atoms with van der Waals surface area (Å²) in [5.74, 6) is 0. The standard InChI is InChI=1S/C17H21ClN2/c1-3-20(14-8-5-4-6-9-14)17-11-7-10-16(18)15(17)12-13(2)19/h4-11,13H,3,12,19H2,1-2H3. The summed E-state index contributed by atoms with van der Waals surface area (Å²) in [5, 5.41) is 0.786. The van der Waals surface area contributed by atoms with E-state index >= 15 is 0 Å². The fourth-order valence-electron chi connectivity index (χ4n) is 2.42. The smallest absolute Gasteiger partial charge is 0.0459 e. The molecule has 1 atom stereocenters. The van der Waals surface area contributed by atoms with Crippen LogP contribution in [0.2, 0.25) is 5.02 Å². The van der Waals surface area contributed by atoms with Crippen LogP contribution < -0.4 is 10.6 Å². The van der Waals surface area contributed by atoms with E-state index in [0.717, 1.165) is 29.2 Å². The number of para-hydroxylation sites is 1. The zero-order chi connectivity index (χ0) is 14.5. The summed E-state index contributed by atoms with van der Waals surface area (Å²) in [5.41, 5.74) is 9.40. The molecule has 20 heavy (non-hydrogen) atoms. The largest absolute Gasteiger partial charge is 0.342 e. The topological polar surface area (TPSA) is 29.3 Å². The number of rotatable bonds is 5. The molecular weight excluding hydrogens is 268 g/mol. The van der Waals surface area contributed by atoms with Gasteiger partial charge in [-0.05, 0) is 50.1 Å². The minimum absolute atomic E-state index is 0.0862. The highest BCUT2D eigenvalue weighted by Gasteiger charge is 2.15. The van der Waals surface area contributed by atoms with Gasteiger partial charge < -0.3 is 10.6 Å². The van der Waals surface area contributed by atoms with Crippen molar-refractivity contribution in [3.05, 3.63) is 59.1 Å². The van der Waals surface area contributed by atoms with E-state index in [1.165, 1.54) is 5.69 Å². The van der Waals surface area contributed by atoms with Crippen molar-refractivity contribution in [1.82, 2.24) is 0 Å². The number of nitrogens with zero attached hydrogens (tertiary/aromatic N) is 1. The summed E-state index contributed by atoms with van der Waals surface area (Å²) in [4.78, 5) is 2.27. The summed E-state index contributed by atoms with van der Waals surface area (Å²) < 4.78 is 0. The predicted molar refractivity (Wildman–Crippen MR) is 87.9 cm³/mol. The van der Waals surface area contributed by atoms with Gasteiger partial charge in [0.25, 0.3) is 0 Å². The highest BCUT2D eigenvalue weighted by molar-refractivity contribution is 6.31. The minimum atomic E-state index is 0.0862. The number of nitrogens with two attached hydrogens (primary N) is 1. The predicted octanol–water partition coefficient (Wildman–Crippen LogP) is 4.39. The molecule has 0 spiro atoms. The molecule has 0 aliphatic heterocycles. The van der Waals surface area contributed by atoms with Crippen molar-refractivity contribution in [2.24, 2.45) is 5.73 Å². The van der Waals surface area contributed by atoms with Crippen molar-refractivity contribution in [2.45, 2.75) is 26.3 Å². The Hall–Kier alpha value is -1.51. The molecule has 0 bridgehead atoms. The van der Waals surface area contributed by atoms with E-state index in [2.05, 4.69) is 30.0 Å². The Morgan fingerprint density at radius 3 is 2.40 bits per heavy atom. The number of hydrogen-bond acceptors (Lipinski definition) is 2. The van der Waals surface area contributed by atoms with Crippen molar-refractivity contribution >= 4 is 23.0 Å². The van der Waals surface area contributed by atoms with E-state index in [1.54, 1.807) is 0 Å². The molecule has 0 saturated heterocycles. The van der Waals surface area contributed by atoms with Gasteiger partial charge in [0.15, 0.2) is 0 Å². The fraction of sp³-hybridized carbons (Fsp3) is 0.294. The van der Waals surface area contributed by atoms with Gasteiger partial charge in [0.05, 0.1) is 0 Å². The van der Waals surface area contributed by atoms with Crippen molar-refractivity contribution in [1.29, 1.82) is 0 Å². The second-order valence-corrected chi connectivity index (χ2v) is 5.41. The molecule has 2 nitrogen and oxygen atoms in total. The van der Waals surface area contributed by atoms with Gasteiger partial charge in [-0.15, -0.1) is 0 Å². The Morgan fingerprint density at radius 2 is 1.80 bits per heavy atom. The summed E-state index contributed by atoms with van der Waals surface area (Å²) >= 11 is 6.38. The van der Waals surface area contributed by atoms with Gasteiger partial charge >= 0.3 is 0 Å². The SMILES string of the molecule is CCN(c1ccccc1)c1cccc(Cl)c1CC(C)N. The molecule has 2 aromatic rings. The lowest BCUT2D eigenvalue weighted by atomic mass is 10.0. The lowest BCUT2D eigenvalue weighted by Gasteiger charge is -2.27. The van der Waals surface area contributed by atoms with Gasteiger partial charge in [-0.25, -0.2) is 0 Å². The molecule has 2 N–H and O–H groups in total. The summed E-state index contributed by atoms with van der Waals surface area (Å²) in [6.45, 7) is 5.03. The Balaban J connectivity index is 2.47. The van der Waals surface area contributed by atoms with Crippen molar-refractivity contribution in [3.8, 4) is 0 Å². The number of halogens is 1. The first-order chi connectivity index (χ1) is 9.63. The van der Waals surface area contributed by atoms with Crippen LogP contribution in [0, 0.1) is 0 Å². The monoisotopic (exact) mass is 288 g/mol. The van der Waals surface area contributed by atoms with Crippen LogP contribution in [0.1, 0.15) is 19.4 Å². The maximum absolute atomic E-state index is 6.38. The quantitative estimate of drug-likeness (QED) is 0.884. The maximum Gasteiger partial charge on any atom is 0.0459 e. The van der Waals surface area contributed by atoms with Crippen molar-refractivity contribution in [2.75, 3.05) is 11.4 Å². The van der Waals surface area contributed by atoms with Crippen molar-refractivity contribution in [3.63, 3.8) is 0 Å². The Morgan fingerprint density at radius 1 is 1.10 bits per heavy atom. The number of anilines is 2. The van der Waals surface area contributed by atoms with E-state index in [-0.39, 0.29) is 6.04 Å². The normalized spacial score (nSPS) is 12.2. The summed E-state index contributed by atoms with van der Waals surface area (Å²) in [6.07, 6.45) is 0.776. The molecule has 2 aromatic carbocycles. The Labute approximate surface area is 126 Å². The zero-order valence-corrected chi connectivity index (χ0v) is 12.8. The van der Waals surface area contributed by atoms with Gasteiger partial charge in [0.2, 0.25) is 0 Å². The van der Waals surface area contributed by atoms with Crippen LogP contribution in [-0.4, -0.2) is 12.6 Å². The van der Waals surface area contributed by atoms with E-state index < -0.39 is 0 Å². The first-order valence-corrected chi connectivity index (χ1v) is 7.36. The summed E-state index contributed by atoms with van der Waals surface area (Å²) in [7, 11) is 0. The third-order valence-corrected chi connectivity index (χ3v) is 3.65. The zero-order valence-electron chi connectivity index (χ0n) is 12.0. The number of benzene rings is 2. The molecule has 3 heteroatoms. The fourth-order valence-corrected chi connectivity index (χ4v) is 2.67. The molecule has 2 rings (SSSR count). The molecule has 106 valence electrons. The third-order valence-electron chi connectivity index (χ3n) is 3.30. The molecular formula is C17H21ClN2. The van der Waals surface area contributed by atoms with Crippen LogP contribution in [0.25, 0.3) is 0 Å². The van der Waals surface area contributed by atoms with E-state index in [4.69, 9.17) is 17.3 Å². The maximum atomic E-state index is 6.38. The molecule has 0 aromatic heterocycles.